The first-order valence-electron chi connectivity index (χ1n) is 5.44. The van der Waals surface area contributed by atoms with Crippen LogP contribution in [0.2, 0.25) is 18.1 Å². The van der Waals surface area contributed by atoms with Crippen molar-refractivity contribution in [2.24, 2.45) is 0 Å². The van der Waals surface area contributed by atoms with Crippen molar-refractivity contribution in [1.82, 2.24) is 0 Å². The number of carbonyl (C=O) groups is 1. The van der Waals surface area contributed by atoms with Crippen LogP contribution in [0.1, 0.15) is 40.0 Å². The van der Waals surface area contributed by atoms with Crippen molar-refractivity contribution in [3.8, 4) is 0 Å². The average molecular weight is 214 g/mol. The van der Waals surface area contributed by atoms with E-state index in [1.807, 2.05) is 0 Å². The summed E-state index contributed by atoms with van der Waals surface area (Å²) in [6, 6.07) is 0. The summed E-state index contributed by atoms with van der Waals surface area (Å²) in [5.41, 5.74) is 0. The zero-order valence-corrected chi connectivity index (χ0v) is 11.0. The maximum absolute atomic E-state index is 11.5. The Balaban J connectivity index is 2.63. The van der Waals surface area contributed by atoms with Crippen LogP contribution in [0.3, 0.4) is 0 Å². The van der Waals surface area contributed by atoms with Gasteiger partial charge in [-0.25, -0.2) is 0 Å². The van der Waals surface area contributed by atoms with Crippen molar-refractivity contribution in [3.05, 3.63) is 0 Å². The van der Waals surface area contributed by atoms with E-state index in [1.54, 1.807) is 0 Å². The van der Waals surface area contributed by atoms with Gasteiger partial charge in [0, 0.05) is 6.42 Å². The molecule has 1 aliphatic carbocycles. The standard InChI is InChI=1S/C11H22O2Si/c1-11(2,3)14(4,5)13-10-8-6-7-9(10)12/h10H,6-8H2,1-5H3. The van der Waals surface area contributed by atoms with Crippen molar-refractivity contribution in [1.29, 1.82) is 0 Å². The Morgan fingerprint density at radius 1 is 1.36 bits per heavy atom. The molecule has 82 valence electrons. The highest BCUT2D eigenvalue weighted by atomic mass is 28.4. The lowest BCUT2D eigenvalue weighted by molar-refractivity contribution is -0.123. The Hall–Kier alpha value is -0.153. The lowest BCUT2D eigenvalue weighted by Gasteiger charge is -2.38. The molecule has 0 N–H and O–H groups in total. The third kappa shape index (κ3) is 2.45. The van der Waals surface area contributed by atoms with Gasteiger partial charge in [-0.15, -0.1) is 0 Å². The van der Waals surface area contributed by atoms with Crippen LogP contribution in [0.15, 0.2) is 0 Å². The first kappa shape index (κ1) is 11.9. The Morgan fingerprint density at radius 3 is 2.29 bits per heavy atom. The maximum Gasteiger partial charge on any atom is 0.193 e. The monoisotopic (exact) mass is 214 g/mol. The van der Waals surface area contributed by atoms with E-state index < -0.39 is 8.32 Å². The van der Waals surface area contributed by atoms with Crippen molar-refractivity contribution in [3.63, 3.8) is 0 Å². The molecular weight excluding hydrogens is 192 g/mol. The molecule has 0 aliphatic heterocycles. The summed E-state index contributed by atoms with van der Waals surface area (Å²) in [7, 11) is -1.73. The molecule has 0 aromatic rings. The molecule has 0 bridgehead atoms. The van der Waals surface area contributed by atoms with Gasteiger partial charge in [-0.3, -0.25) is 4.79 Å². The van der Waals surface area contributed by atoms with E-state index in [9.17, 15) is 4.79 Å². The van der Waals surface area contributed by atoms with Crippen molar-refractivity contribution in [2.75, 3.05) is 0 Å². The van der Waals surface area contributed by atoms with Crippen LogP contribution in [0.25, 0.3) is 0 Å². The van der Waals surface area contributed by atoms with Gasteiger partial charge in [0.15, 0.2) is 14.1 Å². The molecule has 0 radical (unpaired) electrons. The third-order valence-corrected chi connectivity index (χ3v) is 7.98. The quantitative estimate of drug-likeness (QED) is 0.660. The van der Waals surface area contributed by atoms with Gasteiger partial charge in [0.25, 0.3) is 0 Å². The zero-order chi connectivity index (χ0) is 11.0. The largest absolute Gasteiger partial charge is 0.407 e. The van der Waals surface area contributed by atoms with E-state index in [1.165, 1.54) is 0 Å². The van der Waals surface area contributed by atoms with Crippen LogP contribution < -0.4 is 0 Å². The second-order valence-corrected chi connectivity index (χ2v) is 10.5. The maximum atomic E-state index is 11.5. The van der Waals surface area contributed by atoms with E-state index in [-0.39, 0.29) is 11.1 Å². The predicted octanol–water partition coefficient (Wildman–Crippen LogP) is 3.13. The van der Waals surface area contributed by atoms with Crippen LogP contribution in [0, 0.1) is 0 Å². The molecule has 1 fully saturated rings. The Morgan fingerprint density at radius 2 is 1.93 bits per heavy atom. The fraction of sp³-hybridized carbons (Fsp3) is 0.909. The number of ketones is 1. The Labute approximate surface area is 88.2 Å². The molecule has 1 aliphatic rings. The smallest absolute Gasteiger partial charge is 0.193 e. The highest BCUT2D eigenvalue weighted by molar-refractivity contribution is 6.74. The van der Waals surface area contributed by atoms with Gasteiger partial charge in [-0.05, 0) is 31.0 Å². The molecule has 0 saturated heterocycles. The van der Waals surface area contributed by atoms with Gasteiger partial charge < -0.3 is 4.43 Å². The molecule has 0 aromatic carbocycles. The molecule has 0 amide bonds. The number of Topliss-reactive ketones (excluding diaryl/α,β-unsaturated/α-hetero) is 1. The molecule has 1 rings (SSSR count). The lowest BCUT2D eigenvalue weighted by atomic mass is 10.2. The highest BCUT2D eigenvalue weighted by Gasteiger charge is 2.41. The topological polar surface area (TPSA) is 26.3 Å². The number of carbonyl (C=O) groups excluding carboxylic acids is 1. The van der Waals surface area contributed by atoms with Crippen LogP contribution in [-0.2, 0) is 9.22 Å². The molecular formula is C11H22O2Si. The molecule has 0 heterocycles. The highest BCUT2D eigenvalue weighted by Crippen LogP contribution is 2.38. The lowest BCUT2D eigenvalue weighted by Crippen LogP contribution is -2.44. The first-order chi connectivity index (χ1) is 6.24. The fourth-order valence-electron chi connectivity index (χ4n) is 1.44. The SMILES string of the molecule is CC(C)(C)[Si](C)(C)OC1CCCC1=O. The van der Waals surface area contributed by atoms with Crippen molar-refractivity contribution < 1.29 is 9.22 Å². The number of hydrogen-bond donors (Lipinski definition) is 0. The van der Waals surface area contributed by atoms with Crippen molar-refractivity contribution >= 4 is 14.1 Å². The second kappa shape index (κ2) is 3.78. The summed E-state index contributed by atoms with van der Waals surface area (Å²) in [5.74, 6) is 0.315. The summed E-state index contributed by atoms with van der Waals surface area (Å²) in [6.45, 7) is 11.0. The molecule has 1 saturated carbocycles. The molecule has 1 unspecified atom stereocenters. The van der Waals surface area contributed by atoms with E-state index in [0.717, 1.165) is 19.3 Å². The van der Waals surface area contributed by atoms with E-state index >= 15 is 0 Å². The third-order valence-electron chi connectivity index (χ3n) is 3.49. The molecule has 0 aromatic heterocycles. The summed E-state index contributed by atoms with van der Waals surface area (Å²) < 4.78 is 6.06. The molecule has 0 spiro atoms. The fourth-order valence-corrected chi connectivity index (χ4v) is 2.75. The first-order valence-corrected chi connectivity index (χ1v) is 8.35. The summed E-state index contributed by atoms with van der Waals surface area (Å²) in [5, 5.41) is 0.204. The minimum Gasteiger partial charge on any atom is -0.407 e. The van der Waals surface area contributed by atoms with Gasteiger partial charge in [-0.2, -0.15) is 0 Å². The number of hydrogen-bond acceptors (Lipinski definition) is 2. The Kier molecular flexibility index (Phi) is 3.22. The van der Waals surface area contributed by atoms with Gasteiger partial charge in [0.05, 0.1) is 0 Å². The summed E-state index contributed by atoms with van der Waals surface area (Å²) in [6.07, 6.45) is 2.58. The number of rotatable bonds is 2. The minimum atomic E-state index is -1.73. The van der Waals surface area contributed by atoms with E-state index in [2.05, 4.69) is 33.9 Å². The Bertz CT molecular complexity index is 228. The molecule has 14 heavy (non-hydrogen) atoms. The van der Waals surface area contributed by atoms with Crippen LogP contribution in [0.5, 0.6) is 0 Å². The van der Waals surface area contributed by atoms with Crippen LogP contribution in [-0.4, -0.2) is 20.2 Å². The van der Waals surface area contributed by atoms with E-state index in [4.69, 9.17) is 4.43 Å². The summed E-state index contributed by atoms with van der Waals surface area (Å²) >= 11 is 0. The molecule has 2 nitrogen and oxygen atoms in total. The van der Waals surface area contributed by atoms with Gasteiger partial charge >= 0.3 is 0 Å². The van der Waals surface area contributed by atoms with Gasteiger partial charge in [0.1, 0.15) is 6.10 Å². The molecule has 1 atom stereocenters. The zero-order valence-electron chi connectivity index (χ0n) is 10.0. The van der Waals surface area contributed by atoms with Crippen molar-refractivity contribution in [2.45, 2.75) is 64.3 Å². The van der Waals surface area contributed by atoms with Gasteiger partial charge in [0.2, 0.25) is 0 Å². The predicted molar refractivity (Wildman–Crippen MR) is 60.9 cm³/mol. The minimum absolute atomic E-state index is 0.0871. The van der Waals surface area contributed by atoms with Gasteiger partial charge in [-0.1, -0.05) is 20.8 Å². The second-order valence-electron chi connectivity index (χ2n) is 5.73. The molecule has 3 heteroatoms. The van der Waals surface area contributed by atoms with Crippen LogP contribution >= 0.6 is 0 Å². The van der Waals surface area contributed by atoms with E-state index in [0.29, 0.717) is 5.78 Å². The summed E-state index contributed by atoms with van der Waals surface area (Å²) in [4.78, 5) is 11.5. The van der Waals surface area contributed by atoms with Crippen LogP contribution in [0.4, 0.5) is 0 Å². The average Bonchev–Trinajstić information content (AvgIpc) is 2.33. The normalized spacial score (nSPS) is 24.4.